The van der Waals surface area contributed by atoms with Crippen molar-refractivity contribution in [2.24, 2.45) is 5.92 Å². The van der Waals surface area contributed by atoms with E-state index in [4.69, 9.17) is 16.3 Å². The van der Waals surface area contributed by atoms with Crippen LogP contribution in [0.15, 0.2) is 46.9 Å². The third-order valence-electron chi connectivity index (χ3n) is 4.72. The Morgan fingerprint density at radius 2 is 2.15 bits per heavy atom. The largest absolute Gasteiger partial charge is 0.489 e. The maximum atomic E-state index is 5.98. The molecule has 1 atom stereocenters. The Labute approximate surface area is 169 Å². The third-order valence-corrected chi connectivity index (χ3v) is 5.70. The molecule has 1 aliphatic heterocycles. The monoisotopic (exact) mass is 436 g/mol. The van der Waals surface area contributed by atoms with Crippen molar-refractivity contribution in [1.29, 1.82) is 0 Å². The van der Waals surface area contributed by atoms with E-state index in [-0.39, 0.29) is 0 Å². The summed E-state index contributed by atoms with van der Waals surface area (Å²) in [5, 5.41) is 7.72. The van der Waals surface area contributed by atoms with E-state index in [2.05, 4.69) is 44.8 Å². The molecule has 26 heavy (non-hydrogen) atoms. The lowest BCUT2D eigenvalue weighted by Gasteiger charge is -2.11. The average Bonchev–Trinajstić information content (AvgIpc) is 3.14. The van der Waals surface area contributed by atoms with Crippen molar-refractivity contribution in [3.63, 3.8) is 0 Å². The fourth-order valence-electron chi connectivity index (χ4n) is 3.20. The van der Waals surface area contributed by atoms with Crippen LogP contribution in [0.25, 0.3) is 0 Å². The molecule has 5 heteroatoms. The molecule has 0 bridgehead atoms. The maximum Gasteiger partial charge on any atom is 0.120 e. The Balaban J connectivity index is 1.41. The van der Waals surface area contributed by atoms with Crippen molar-refractivity contribution in [2.75, 3.05) is 26.2 Å². The van der Waals surface area contributed by atoms with Crippen LogP contribution >= 0.6 is 27.5 Å². The van der Waals surface area contributed by atoms with Gasteiger partial charge in [0.2, 0.25) is 0 Å². The standard InChI is InChI=1S/C21H26BrClN2O/c22-21-12-19(23)7-6-18(21)15-26-20-5-1-3-16(11-20)4-2-9-24-13-17-8-10-25-14-17/h1,3,5-7,11-12,17,24-25H,2,4,8-10,13-15H2. The molecule has 3 rings (SSSR count). The Hall–Kier alpha value is -1.07. The number of rotatable bonds is 9. The zero-order chi connectivity index (χ0) is 18.2. The van der Waals surface area contributed by atoms with Crippen LogP contribution < -0.4 is 15.4 Å². The van der Waals surface area contributed by atoms with Gasteiger partial charge < -0.3 is 15.4 Å². The molecule has 1 fully saturated rings. The summed E-state index contributed by atoms with van der Waals surface area (Å²) in [5.74, 6) is 1.72. The third kappa shape index (κ3) is 6.27. The number of hydrogen-bond donors (Lipinski definition) is 2. The van der Waals surface area contributed by atoms with Gasteiger partial charge in [0.25, 0.3) is 0 Å². The minimum atomic E-state index is 0.526. The minimum Gasteiger partial charge on any atom is -0.489 e. The normalized spacial score (nSPS) is 16.8. The van der Waals surface area contributed by atoms with Crippen molar-refractivity contribution in [1.82, 2.24) is 10.6 Å². The van der Waals surface area contributed by atoms with Gasteiger partial charge >= 0.3 is 0 Å². The second kappa shape index (κ2) is 10.3. The lowest BCUT2D eigenvalue weighted by atomic mass is 10.1. The molecule has 0 radical (unpaired) electrons. The predicted octanol–water partition coefficient (Wildman–Crippen LogP) is 4.81. The summed E-state index contributed by atoms with van der Waals surface area (Å²) in [6.07, 6.45) is 3.51. The molecule has 0 aliphatic carbocycles. The summed E-state index contributed by atoms with van der Waals surface area (Å²) in [6.45, 7) is 5.06. The van der Waals surface area contributed by atoms with Crippen LogP contribution in [0.4, 0.5) is 0 Å². The maximum absolute atomic E-state index is 5.98. The van der Waals surface area contributed by atoms with Crippen molar-refractivity contribution < 1.29 is 4.74 Å². The quantitative estimate of drug-likeness (QED) is 0.552. The van der Waals surface area contributed by atoms with E-state index < -0.39 is 0 Å². The van der Waals surface area contributed by atoms with E-state index >= 15 is 0 Å². The Bertz CT molecular complexity index is 704. The summed E-state index contributed by atoms with van der Waals surface area (Å²) >= 11 is 9.52. The van der Waals surface area contributed by atoms with E-state index in [9.17, 15) is 0 Å². The van der Waals surface area contributed by atoms with Gasteiger partial charge in [-0.25, -0.2) is 0 Å². The van der Waals surface area contributed by atoms with E-state index in [0.717, 1.165) is 59.2 Å². The van der Waals surface area contributed by atoms with Gasteiger partial charge in [0.1, 0.15) is 12.4 Å². The average molecular weight is 438 g/mol. The number of benzene rings is 2. The number of hydrogen-bond acceptors (Lipinski definition) is 3. The molecule has 0 saturated carbocycles. The fourth-order valence-corrected chi connectivity index (χ4v) is 4.00. The van der Waals surface area contributed by atoms with Crippen LogP contribution in [-0.2, 0) is 13.0 Å². The van der Waals surface area contributed by atoms with Gasteiger partial charge in [0.05, 0.1) is 0 Å². The lowest BCUT2D eigenvalue weighted by molar-refractivity contribution is 0.305. The first-order valence-corrected chi connectivity index (χ1v) is 10.4. The van der Waals surface area contributed by atoms with Gasteiger partial charge in [0, 0.05) is 15.1 Å². The molecule has 2 aromatic carbocycles. The van der Waals surface area contributed by atoms with Crippen LogP contribution in [0.3, 0.4) is 0 Å². The van der Waals surface area contributed by atoms with Gasteiger partial charge in [0.15, 0.2) is 0 Å². The summed E-state index contributed by atoms with van der Waals surface area (Å²) in [4.78, 5) is 0. The topological polar surface area (TPSA) is 33.3 Å². The number of aryl methyl sites for hydroxylation is 1. The number of halogens is 2. The van der Waals surface area contributed by atoms with E-state index in [1.165, 1.54) is 18.5 Å². The molecule has 3 nitrogen and oxygen atoms in total. The van der Waals surface area contributed by atoms with Gasteiger partial charge in [-0.2, -0.15) is 0 Å². The molecule has 2 aromatic rings. The van der Waals surface area contributed by atoms with E-state index in [0.29, 0.717) is 6.61 Å². The van der Waals surface area contributed by atoms with Crippen molar-refractivity contribution >= 4 is 27.5 Å². The number of ether oxygens (including phenoxy) is 1. The highest BCUT2D eigenvalue weighted by molar-refractivity contribution is 9.10. The molecule has 140 valence electrons. The first-order chi connectivity index (χ1) is 12.7. The Morgan fingerprint density at radius 3 is 2.96 bits per heavy atom. The summed E-state index contributed by atoms with van der Waals surface area (Å²) in [6, 6.07) is 14.2. The molecule has 0 amide bonds. The first-order valence-electron chi connectivity index (χ1n) is 9.28. The number of nitrogens with one attached hydrogen (secondary N) is 2. The molecule has 2 N–H and O–H groups in total. The SMILES string of the molecule is Clc1ccc(COc2cccc(CCCNCC3CCNC3)c2)c(Br)c1. The van der Waals surface area contributed by atoms with Gasteiger partial charge in [-0.05, 0) is 81.2 Å². The summed E-state index contributed by atoms with van der Waals surface area (Å²) in [7, 11) is 0. The highest BCUT2D eigenvalue weighted by atomic mass is 79.9. The zero-order valence-corrected chi connectivity index (χ0v) is 17.3. The van der Waals surface area contributed by atoms with E-state index in [1.54, 1.807) is 0 Å². The van der Waals surface area contributed by atoms with Crippen molar-refractivity contribution in [3.8, 4) is 5.75 Å². The fraction of sp³-hybridized carbons (Fsp3) is 0.429. The summed E-state index contributed by atoms with van der Waals surface area (Å²) in [5.41, 5.74) is 2.41. The van der Waals surface area contributed by atoms with Crippen LogP contribution in [0, 0.1) is 5.92 Å². The van der Waals surface area contributed by atoms with Crippen LogP contribution in [0.2, 0.25) is 5.02 Å². The molecule has 1 unspecified atom stereocenters. The summed E-state index contributed by atoms with van der Waals surface area (Å²) < 4.78 is 6.93. The van der Waals surface area contributed by atoms with Crippen LogP contribution in [0.5, 0.6) is 5.75 Å². The minimum absolute atomic E-state index is 0.526. The molecule has 1 aliphatic rings. The second-order valence-corrected chi connectivity index (χ2v) is 8.13. The molecular weight excluding hydrogens is 412 g/mol. The van der Waals surface area contributed by atoms with Gasteiger partial charge in [-0.1, -0.05) is 45.7 Å². The first kappa shape index (κ1) is 19.7. The molecule has 1 saturated heterocycles. The van der Waals surface area contributed by atoms with E-state index in [1.807, 2.05) is 24.3 Å². The smallest absolute Gasteiger partial charge is 0.120 e. The highest BCUT2D eigenvalue weighted by Crippen LogP contribution is 2.23. The molecular formula is C21H26BrClN2O. The predicted molar refractivity (Wildman–Crippen MR) is 112 cm³/mol. The van der Waals surface area contributed by atoms with Crippen molar-refractivity contribution in [2.45, 2.75) is 25.9 Å². The van der Waals surface area contributed by atoms with Crippen molar-refractivity contribution in [3.05, 3.63) is 63.1 Å². The molecule has 0 spiro atoms. The highest BCUT2D eigenvalue weighted by Gasteiger charge is 2.13. The van der Waals surface area contributed by atoms with Gasteiger partial charge in [-0.15, -0.1) is 0 Å². The molecule has 1 heterocycles. The second-order valence-electron chi connectivity index (χ2n) is 6.84. The Kier molecular flexibility index (Phi) is 7.81. The lowest BCUT2D eigenvalue weighted by Crippen LogP contribution is -2.25. The van der Waals surface area contributed by atoms with Gasteiger partial charge in [-0.3, -0.25) is 0 Å². The van der Waals surface area contributed by atoms with Crippen LogP contribution in [0.1, 0.15) is 24.0 Å². The van der Waals surface area contributed by atoms with Crippen LogP contribution in [-0.4, -0.2) is 26.2 Å². The zero-order valence-electron chi connectivity index (χ0n) is 14.9. The Morgan fingerprint density at radius 1 is 1.23 bits per heavy atom. The molecule has 0 aromatic heterocycles.